The molecule has 2 nitrogen and oxygen atoms in total. The van der Waals surface area contributed by atoms with Crippen molar-refractivity contribution in [2.75, 3.05) is 0 Å². The van der Waals surface area contributed by atoms with Crippen molar-refractivity contribution in [2.24, 2.45) is 0 Å². The number of hydrogen-bond donors (Lipinski definition) is 0. The Balaban J connectivity index is 2.43. The number of para-hydroxylation sites is 1. The van der Waals surface area contributed by atoms with Crippen molar-refractivity contribution in [2.45, 2.75) is 12.8 Å². The Morgan fingerprint density at radius 3 is 2.48 bits per heavy atom. The molecule has 0 unspecified atom stereocenters. The van der Waals surface area contributed by atoms with Crippen molar-refractivity contribution in [3.63, 3.8) is 0 Å². The largest absolute Gasteiger partial charge is 0.573 e. The van der Waals surface area contributed by atoms with E-state index in [2.05, 4.69) is 4.74 Å². The van der Waals surface area contributed by atoms with Gasteiger partial charge in [-0.25, -0.2) is 0 Å². The fourth-order valence-corrected chi connectivity index (χ4v) is 2.11. The fourth-order valence-electron chi connectivity index (χ4n) is 1.86. The minimum absolute atomic E-state index is 0.139. The maximum absolute atomic E-state index is 12.4. The summed E-state index contributed by atoms with van der Waals surface area (Å²) in [6.07, 6.45) is -4.62. The predicted molar refractivity (Wildman–Crippen MR) is 72.9 cm³/mol. The Morgan fingerprint density at radius 2 is 1.86 bits per heavy atom. The molecule has 2 rings (SSSR count). The first-order valence-corrected chi connectivity index (χ1v) is 6.29. The molecule has 0 aliphatic heterocycles. The van der Waals surface area contributed by atoms with Gasteiger partial charge in [0, 0.05) is 10.6 Å². The molecule has 0 aromatic heterocycles. The SMILES string of the molecule is N#CCc1ccc(-c2ccccc2OC(F)(F)F)cc1Cl. The van der Waals surface area contributed by atoms with Crippen LogP contribution in [0.3, 0.4) is 0 Å². The van der Waals surface area contributed by atoms with E-state index in [-0.39, 0.29) is 17.7 Å². The highest BCUT2D eigenvalue weighted by atomic mass is 35.5. The predicted octanol–water partition coefficient (Wildman–Crippen LogP) is 4.97. The van der Waals surface area contributed by atoms with Gasteiger partial charge in [-0.1, -0.05) is 41.9 Å². The molecule has 0 aliphatic rings. The van der Waals surface area contributed by atoms with Crippen LogP contribution < -0.4 is 4.74 Å². The number of halogens is 4. The molecular formula is C15H9ClF3NO. The van der Waals surface area contributed by atoms with Crippen molar-refractivity contribution in [3.05, 3.63) is 53.1 Å². The number of benzene rings is 2. The van der Waals surface area contributed by atoms with Gasteiger partial charge in [-0.15, -0.1) is 13.2 Å². The molecule has 0 aliphatic carbocycles. The van der Waals surface area contributed by atoms with Crippen molar-refractivity contribution in [3.8, 4) is 22.9 Å². The molecule has 0 fully saturated rings. The van der Waals surface area contributed by atoms with Gasteiger partial charge in [0.1, 0.15) is 5.75 Å². The average molecular weight is 312 g/mol. The molecule has 6 heteroatoms. The van der Waals surface area contributed by atoms with Gasteiger partial charge in [-0.3, -0.25) is 0 Å². The van der Waals surface area contributed by atoms with Gasteiger partial charge >= 0.3 is 6.36 Å². The standard InChI is InChI=1S/C15H9ClF3NO/c16-13-9-11(6-5-10(13)7-8-20)12-3-1-2-4-14(12)21-15(17,18)19/h1-6,9H,7H2. The van der Waals surface area contributed by atoms with Crippen molar-refractivity contribution in [1.29, 1.82) is 5.26 Å². The summed E-state index contributed by atoms with van der Waals surface area (Å²) in [7, 11) is 0. The lowest BCUT2D eigenvalue weighted by Crippen LogP contribution is -2.17. The number of hydrogen-bond acceptors (Lipinski definition) is 2. The molecule has 2 aromatic rings. The Hall–Kier alpha value is -2.19. The van der Waals surface area contributed by atoms with Crippen molar-refractivity contribution in [1.82, 2.24) is 0 Å². The lowest BCUT2D eigenvalue weighted by atomic mass is 10.0. The molecule has 0 amide bonds. The normalized spacial score (nSPS) is 11.0. The fraction of sp³-hybridized carbons (Fsp3) is 0.133. The molecule has 0 N–H and O–H groups in total. The van der Waals surface area contributed by atoms with E-state index < -0.39 is 6.36 Å². The first-order valence-electron chi connectivity index (χ1n) is 5.91. The average Bonchev–Trinajstić information content (AvgIpc) is 2.40. The third kappa shape index (κ3) is 3.89. The summed E-state index contributed by atoms with van der Waals surface area (Å²) in [5.41, 5.74) is 1.39. The van der Waals surface area contributed by atoms with Gasteiger partial charge in [-0.2, -0.15) is 5.26 Å². The van der Waals surface area contributed by atoms with Gasteiger partial charge in [0.15, 0.2) is 0 Å². The number of alkyl halides is 3. The Morgan fingerprint density at radius 1 is 1.14 bits per heavy atom. The summed E-state index contributed by atoms with van der Waals surface area (Å²) < 4.78 is 41.2. The Kier molecular flexibility index (Phi) is 4.39. The lowest BCUT2D eigenvalue weighted by molar-refractivity contribution is -0.274. The third-order valence-electron chi connectivity index (χ3n) is 2.75. The van der Waals surface area contributed by atoms with E-state index in [0.29, 0.717) is 16.1 Å². The minimum Gasteiger partial charge on any atom is -0.405 e. The summed E-state index contributed by atoms with van der Waals surface area (Å²) in [4.78, 5) is 0. The van der Waals surface area contributed by atoms with E-state index in [4.69, 9.17) is 16.9 Å². The van der Waals surface area contributed by atoms with E-state index in [1.165, 1.54) is 24.3 Å². The van der Waals surface area contributed by atoms with E-state index in [1.54, 1.807) is 18.2 Å². The molecule has 0 atom stereocenters. The maximum Gasteiger partial charge on any atom is 0.573 e. The van der Waals surface area contributed by atoms with E-state index in [9.17, 15) is 13.2 Å². The highest BCUT2D eigenvalue weighted by Gasteiger charge is 2.32. The van der Waals surface area contributed by atoms with Crippen molar-refractivity contribution >= 4 is 11.6 Å². The first kappa shape index (κ1) is 15.2. The molecule has 0 radical (unpaired) electrons. The second-order valence-electron chi connectivity index (χ2n) is 4.19. The zero-order chi connectivity index (χ0) is 15.5. The summed E-state index contributed by atoms with van der Waals surface area (Å²) in [5.74, 6) is -0.297. The van der Waals surface area contributed by atoms with Crippen LogP contribution in [0, 0.1) is 11.3 Å². The summed E-state index contributed by atoms with van der Waals surface area (Å²) in [6, 6.07) is 12.5. The summed E-state index contributed by atoms with van der Waals surface area (Å²) >= 11 is 6.03. The second-order valence-corrected chi connectivity index (χ2v) is 4.59. The van der Waals surface area contributed by atoms with Gasteiger partial charge in [0.2, 0.25) is 0 Å². The lowest BCUT2D eigenvalue weighted by Gasteiger charge is -2.13. The molecule has 2 aromatic carbocycles. The Bertz CT molecular complexity index is 692. The van der Waals surface area contributed by atoms with Crippen LogP contribution in [0.15, 0.2) is 42.5 Å². The van der Waals surface area contributed by atoms with Crippen LogP contribution in [0.5, 0.6) is 5.75 Å². The van der Waals surface area contributed by atoms with E-state index in [1.807, 2.05) is 6.07 Å². The molecule has 0 saturated carbocycles. The topological polar surface area (TPSA) is 33.0 Å². The zero-order valence-electron chi connectivity index (χ0n) is 10.6. The highest BCUT2D eigenvalue weighted by molar-refractivity contribution is 6.31. The first-order chi connectivity index (χ1) is 9.90. The Labute approximate surface area is 124 Å². The summed E-state index contributed by atoms with van der Waals surface area (Å²) in [6.45, 7) is 0. The second kappa shape index (κ2) is 6.06. The quantitative estimate of drug-likeness (QED) is 0.801. The molecule has 108 valence electrons. The molecule has 0 spiro atoms. The van der Waals surface area contributed by atoms with Crippen molar-refractivity contribution < 1.29 is 17.9 Å². The van der Waals surface area contributed by atoms with Crippen LogP contribution in [0.1, 0.15) is 5.56 Å². The number of nitrogens with zero attached hydrogens (tertiary/aromatic N) is 1. The molecule has 0 bridgehead atoms. The number of rotatable bonds is 3. The van der Waals surface area contributed by atoms with E-state index >= 15 is 0 Å². The summed E-state index contributed by atoms with van der Waals surface area (Å²) in [5, 5.41) is 8.98. The van der Waals surface area contributed by atoms with Crippen LogP contribution in [0.2, 0.25) is 5.02 Å². The monoisotopic (exact) mass is 311 g/mol. The number of ether oxygens (including phenoxy) is 1. The van der Waals surface area contributed by atoms with Gasteiger partial charge in [0.05, 0.1) is 12.5 Å². The molecule has 0 saturated heterocycles. The van der Waals surface area contributed by atoms with Gasteiger partial charge < -0.3 is 4.74 Å². The minimum atomic E-state index is -4.76. The molecule has 0 heterocycles. The van der Waals surface area contributed by atoms with Crippen LogP contribution in [-0.4, -0.2) is 6.36 Å². The zero-order valence-corrected chi connectivity index (χ0v) is 11.4. The molecular weight excluding hydrogens is 303 g/mol. The van der Waals surface area contributed by atoms with Crippen LogP contribution >= 0.6 is 11.6 Å². The highest BCUT2D eigenvalue weighted by Crippen LogP contribution is 2.35. The number of nitriles is 1. The van der Waals surface area contributed by atoms with Crippen LogP contribution in [-0.2, 0) is 6.42 Å². The van der Waals surface area contributed by atoms with Gasteiger partial charge in [0.25, 0.3) is 0 Å². The smallest absolute Gasteiger partial charge is 0.405 e. The maximum atomic E-state index is 12.4. The van der Waals surface area contributed by atoms with Gasteiger partial charge in [-0.05, 0) is 23.3 Å². The third-order valence-corrected chi connectivity index (χ3v) is 3.10. The van der Waals surface area contributed by atoms with Crippen LogP contribution in [0.4, 0.5) is 13.2 Å². The van der Waals surface area contributed by atoms with Crippen LogP contribution in [0.25, 0.3) is 11.1 Å². The molecule has 21 heavy (non-hydrogen) atoms. The van der Waals surface area contributed by atoms with E-state index in [0.717, 1.165) is 0 Å².